The van der Waals surface area contributed by atoms with E-state index in [4.69, 9.17) is 0 Å². The van der Waals surface area contributed by atoms with Gasteiger partial charge in [0.05, 0.1) is 11.5 Å². The summed E-state index contributed by atoms with van der Waals surface area (Å²) < 4.78 is 0. The van der Waals surface area contributed by atoms with Gasteiger partial charge in [-0.25, -0.2) is 0 Å². The summed E-state index contributed by atoms with van der Waals surface area (Å²) in [5, 5.41) is 20.1. The standard InChI is InChI=1S/C16H30O3/c1-6-15(4,5)12-7-9-16(19,10-8-12)13(11(2)3)14(17)18/h11-13,19H,6-10H2,1-5H3,(H,17,18). The van der Waals surface area contributed by atoms with E-state index in [1.165, 1.54) is 0 Å². The molecule has 1 unspecified atom stereocenters. The molecule has 0 amide bonds. The van der Waals surface area contributed by atoms with Crippen LogP contribution in [0.3, 0.4) is 0 Å². The van der Waals surface area contributed by atoms with Crippen LogP contribution in [0.4, 0.5) is 0 Å². The number of hydrogen-bond acceptors (Lipinski definition) is 2. The van der Waals surface area contributed by atoms with Crippen molar-refractivity contribution >= 4 is 5.97 Å². The van der Waals surface area contributed by atoms with Crippen molar-refractivity contribution in [1.29, 1.82) is 0 Å². The zero-order valence-electron chi connectivity index (χ0n) is 13.1. The van der Waals surface area contributed by atoms with Crippen LogP contribution in [-0.4, -0.2) is 21.8 Å². The fourth-order valence-corrected chi connectivity index (χ4v) is 3.63. The van der Waals surface area contributed by atoms with Crippen LogP contribution in [0.2, 0.25) is 0 Å². The van der Waals surface area contributed by atoms with Gasteiger partial charge in [0.15, 0.2) is 0 Å². The normalized spacial score (nSPS) is 30.4. The van der Waals surface area contributed by atoms with Crippen LogP contribution in [0, 0.1) is 23.2 Å². The van der Waals surface area contributed by atoms with Gasteiger partial charge in [0, 0.05) is 0 Å². The Balaban J connectivity index is 2.77. The van der Waals surface area contributed by atoms with E-state index in [9.17, 15) is 15.0 Å². The van der Waals surface area contributed by atoms with Gasteiger partial charge in [0.25, 0.3) is 0 Å². The van der Waals surface area contributed by atoms with Crippen LogP contribution in [0.5, 0.6) is 0 Å². The van der Waals surface area contributed by atoms with Crippen molar-refractivity contribution in [2.45, 2.75) is 72.3 Å². The summed E-state index contributed by atoms with van der Waals surface area (Å²) in [6, 6.07) is 0. The monoisotopic (exact) mass is 270 g/mol. The minimum Gasteiger partial charge on any atom is -0.481 e. The van der Waals surface area contributed by atoms with Gasteiger partial charge in [0.1, 0.15) is 0 Å². The first-order valence-corrected chi connectivity index (χ1v) is 7.59. The molecule has 0 heterocycles. The highest BCUT2D eigenvalue weighted by molar-refractivity contribution is 5.71. The van der Waals surface area contributed by atoms with E-state index in [-0.39, 0.29) is 11.3 Å². The van der Waals surface area contributed by atoms with E-state index in [1.54, 1.807) is 0 Å². The van der Waals surface area contributed by atoms with Crippen molar-refractivity contribution in [2.75, 3.05) is 0 Å². The van der Waals surface area contributed by atoms with Gasteiger partial charge in [-0.2, -0.15) is 0 Å². The van der Waals surface area contributed by atoms with Gasteiger partial charge in [-0.05, 0) is 42.9 Å². The third-order valence-electron chi connectivity index (χ3n) is 5.38. The van der Waals surface area contributed by atoms with Crippen molar-refractivity contribution in [1.82, 2.24) is 0 Å². The molecule has 0 spiro atoms. The average molecular weight is 270 g/mol. The Morgan fingerprint density at radius 2 is 1.79 bits per heavy atom. The molecule has 112 valence electrons. The summed E-state index contributed by atoms with van der Waals surface area (Å²) in [7, 11) is 0. The average Bonchev–Trinajstić information content (AvgIpc) is 2.28. The molecule has 0 aromatic carbocycles. The molecule has 1 atom stereocenters. The Morgan fingerprint density at radius 3 is 2.11 bits per heavy atom. The van der Waals surface area contributed by atoms with E-state index < -0.39 is 17.5 Å². The first kappa shape index (κ1) is 16.5. The Morgan fingerprint density at radius 1 is 1.32 bits per heavy atom. The van der Waals surface area contributed by atoms with Crippen LogP contribution < -0.4 is 0 Å². The van der Waals surface area contributed by atoms with E-state index in [0.717, 1.165) is 19.3 Å². The fraction of sp³-hybridized carbons (Fsp3) is 0.938. The van der Waals surface area contributed by atoms with Crippen LogP contribution in [0.15, 0.2) is 0 Å². The van der Waals surface area contributed by atoms with Gasteiger partial charge in [-0.15, -0.1) is 0 Å². The molecular weight excluding hydrogens is 240 g/mol. The third-order valence-corrected chi connectivity index (χ3v) is 5.38. The molecule has 0 aliphatic heterocycles. The molecule has 0 aromatic heterocycles. The summed E-state index contributed by atoms with van der Waals surface area (Å²) in [5.74, 6) is -0.929. The molecule has 1 aliphatic carbocycles. The SMILES string of the molecule is CCC(C)(C)C1CCC(O)(C(C(=O)O)C(C)C)CC1. The Labute approximate surface area is 117 Å². The molecule has 0 bridgehead atoms. The van der Waals surface area contributed by atoms with Crippen LogP contribution >= 0.6 is 0 Å². The molecule has 1 fully saturated rings. The zero-order valence-corrected chi connectivity index (χ0v) is 13.1. The summed E-state index contributed by atoms with van der Waals surface area (Å²) >= 11 is 0. The lowest BCUT2D eigenvalue weighted by Crippen LogP contribution is -2.48. The predicted octanol–water partition coefficient (Wildman–Crippen LogP) is 3.70. The highest BCUT2D eigenvalue weighted by atomic mass is 16.4. The Kier molecular flexibility index (Phi) is 5.05. The van der Waals surface area contributed by atoms with Crippen LogP contribution in [0.25, 0.3) is 0 Å². The smallest absolute Gasteiger partial charge is 0.309 e. The topological polar surface area (TPSA) is 57.5 Å². The lowest BCUT2D eigenvalue weighted by Gasteiger charge is -2.45. The largest absolute Gasteiger partial charge is 0.481 e. The molecule has 1 saturated carbocycles. The maximum Gasteiger partial charge on any atom is 0.309 e. The van der Waals surface area contributed by atoms with Crippen molar-refractivity contribution in [3.8, 4) is 0 Å². The summed E-state index contributed by atoms with van der Waals surface area (Å²) in [4.78, 5) is 11.4. The molecule has 0 saturated heterocycles. The van der Waals surface area contributed by atoms with Crippen molar-refractivity contribution in [2.24, 2.45) is 23.2 Å². The molecule has 1 rings (SSSR count). The number of rotatable bonds is 5. The molecule has 19 heavy (non-hydrogen) atoms. The fourth-order valence-electron chi connectivity index (χ4n) is 3.63. The summed E-state index contributed by atoms with van der Waals surface area (Å²) in [6.45, 7) is 10.5. The van der Waals surface area contributed by atoms with Gasteiger partial charge in [-0.3, -0.25) is 4.79 Å². The minimum absolute atomic E-state index is 0.0294. The minimum atomic E-state index is -1.01. The third kappa shape index (κ3) is 3.50. The molecular formula is C16H30O3. The lowest BCUT2D eigenvalue weighted by molar-refractivity contribution is -0.161. The predicted molar refractivity (Wildman–Crippen MR) is 76.9 cm³/mol. The summed E-state index contributed by atoms with van der Waals surface area (Å²) in [5.41, 5.74) is -0.724. The maximum absolute atomic E-state index is 11.4. The first-order chi connectivity index (χ1) is 8.64. The maximum atomic E-state index is 11.4. The Bertz CT molecular complexity index is 312. The number of carboxylic acids is 1. The molecule has 3 heteroatoms. The number of carboxylic acid groups (broad SMARTS) is 1. The van der Waals surface area contributed by atoms with Gasteiger partial charge >= 0.3 is 5.97 Å². The second-order valence-electron chi connectivity index (χ2n) is 7.28. The van der Waals surface area contributed by atoms with E-state index in [2.05, 4.69) is 20.8 Å². The quantitative estimate of drug-likeness (QED) is 0.801. The number of hydrogen-bond donors (Lipinski definition) is 2. The molecule has 3 nitrogen and oxygen atoms in total. The number of aliphatic hydroxyl groups is 1. The van der Waals surface area contributed by atoms with Crippen molar-refractivity contribution in [3.63, 3.8) is 0 Å². The van der Waals surface area contributed by atoms with Gasteiger partial charge < -0.3 is 10.2 Å². The molecule has 0 aromatic rings. The van der Waals surface area contributed by atoms with E-state index in [0.29, 0.717) is 18.8 Å². The summed E-state index contributed by atoms with van der Waals surface area (Å²) in [6.07, 6.45) is 4.25. The number of carbonyl (C=O) groups is 1. The highest BCUT2D eigenvalue weighted by Gasteiger charge is 2.47. The highest BCUT2D eigenvalue weighted by Crippen LogP contribution is 2.46. The van der Waals surface area contributed by atoms with E-state index in [1.807, 2.05) is 13.8 Å². The van der Waals surface area contributed by atoms with Crippen molar-refractivity contribution in [3.05, 3.63) is 0 Å². The zero-order chi connectivity index (χ0) is 14.8. The second kappa shape index (κ2) is 5.82. The second-order valence-corrected chi connectivity index (χ2v) is 7.28. The van der Waals surface area contributed by atoms with E-state index >= 15 is 0 Å². The molecule has 1 aliphatic rings. The first-order valence-electron chi connectivity index (χ1n) is 7.59. The Hall–Kier alpha value is -0.570. The molecule has 2 N–H and O–H groups in total. The number of aliphatic carboxylic acids is 1. The van der Waals surface area contributed by atoms with Gasteiger partial charge in [-0.1, -0.05) is 41.0 Å². The van der Waals surface area contributed by atoms with Gasteiger partial charge in [0.2, 0.25) is 0 Å². The lowest BCUT2D eigenvalue weighted by atomic mass is 9.62. The van der Waals surface area contributed by atoms with Crippen LogP contribution in [0.1, 0.15) is 66.7 Å². The van der Waals surface area contributed by atoms with Crippen molar-refractivity contribution < 1.29 is 15.0 Å². The van der Waals surface area contributed by atoms with Crippen LogP contribution in [-0.2, 0) is 4.79 Å². The molecule has 0 radical (unpaired) electrons.